The second-order valence-electron chi connectivity index (χ2n) is 11.2. The lowest BCUT2D eigenvalue weighted by Gasteiger charge is -2.35. The summed E-state index contributed by atoms with van der Waals surface area (Å²) in [5, 5.41) is 11.4. The SMILES string of the molecule is COCCOC[C@H]1C[C@]1(C#N)n1c(C(=O)N(C)c2ccccc2)cc2cc([C@H]3CCOC(C)(C)C3)ccc21. The molecule has 1 aliphatic heterocycles. The molecule has 2 fully saturated rings. The molecule has 0 bridgehead atoms. The molecule has 1 saturated heterocycles. The minimum absolute atomic E-state index is 0.00417. The van der Waals surface area contributed by atoms with E-state index in [1.165, 1.54) is 5.56 Å². The van der Waals surface area contributed by atoms with E-state index in [0.717, 1.165) is 36.0 Å². The number of benzene rings is 2. The first-order chi connectivity index (χ1) is 18.3. The van der Waals surface area contributed by atoms with Gasteiger partial charge in [0.1, 0.15) is 11.2 Å². The molecule has 0 unspecified atom stereocenters. The number of anilines is 1. The number of nitrogens with zero attached hydrogens (tertiary/aromatic N) is 3. The summed E-state index contributed by atoms with van der Waals surface area (Å²) in [6.07, 6.45) is 2.57. The van der Waals surface area contributed by atoms with Gasteiger partial charge < -0.3 is 23.7 Å². The Morgan fingerprint density at radius 1 is 1.16 bits per heavy atom. The fourth-order valence-corrected chi connectivity index (χ4v) is 5.87. The number of rotatable bonds is 9. The van der Waals surface area contributed by atoms with Crippen molar-refractivity contribution in [2.45, 2.75) is 50.2 Å². The smallest absolute Gasteiger partial charge is 0.274 e. The Balaban J connectivity index is 1.55. The number of ether oxygens (including phenoxy) is 3. The predicted octanol–water partition coefficient (Wildman–Crippen LogP) is 5.49. The highest BCUT2D eigenvalue weighted by atomic mass is 16.5. The highest BCUT2D eigenvalue weighted by Crippen LogP contribution is 2.53. The number of methoxy groups -OCH3 is 1. The van der Waals surface area contributed by atoms with Crippen LogP contribution in [-0.4, -0.2) is 56.7 Å². The highest BCUT2D eigenvalue weighted by molar-refractivity contribution is 6.08. The van der Waals surface area contributed by atoms with Gasteiger partial charge in [0.05, 0.1) is 37.0 Å². The Hall–Kier alpha value is -3.18. The second kappa shape index (κ2) is 10.5. The minimum Gasteiger partial charge on any atom is -0.382 e. The first-order valence-electron chi connectivity index (χ1n) is 13.4. The number of carbonyl (C=O) groups is 1. The fraction of sp³-hybridized carbons (Fsp3) is 0.484. The number of nitriles is 1. The topological polar surface area (TPSA) is 76.7 Å². The molecule has 1 saturated carbocycles. The van der Waals surface area contributed by atoms with E-state index in [1.807, 2.05) is 41.0 Å². The van der Waals surface area contributed by atoms with Gasteiger partial charge in [0, 0.05) is 37.8 Å². The van der Waals surface area contributed by atoms with Crippen molar-refractivity contribution in [2.75, 3.05) is 45.5 Å². The molecule has 3 aromatic rings. The van der Waals surface area contributed by atoms with Gasteiger partial charge in [0.15, 0.2) is 0 Å². The maximum Gasteiger partial charge on any atom is 0.274 e. The van der Waals surface area contributed by atoms with E-state index in [9.17, 15) is 10.1 Å². The van der Waals surface area contributed by atoms with E-state index < -0.39 is 5.54 Å². The molecule has 0 radical (unpaired) electrons. The van der Waals surface area contributed by atoms with Crippen molar-refractivity contribution >= 4 is 22.5 Å². The highest BCUT2D eigenvalue weighted by Gasteiger charge is 2.58. The van der Waals surface area contributed by atoms with E-state index in [0.29, 0.717) is 37.9 Å². The van der Waals surface area contributed by atoms with Crippen LogP contribution < -0.4 is 4.90 Å². The number of carbonyl (C=O) groups excluding carboxylic acids is 1. The van der Waals surface area contributed by atoms with E-state index in [-0.39, 0.29) is 17.4 Å². The van der Waals surface area contributed by atoms with Gasteiger partial charge in [0.25, 0.3) is 5.91 Å². The zero-order valence-corrected chi connectivity index (χ0v) is 22.8. The van der Waals surface area contributed by atoms with Crippen LogP contribution in [0.3, 0.4) is 0 Å². The monoisotopic (exact) mass is 515 g/mol. The van der Waals surface area contributed by atoms with Crippen LogP contribution in [0.5, 0.6) is 0 Å². The first kappa shape index (κ1) is 26.4. The van der Waals surface area contributed by atoms with Crippen LogP contribution in [0.15, 0.2) is 54.6 Å². The van der Waals surface area contributed by atoms with Crippen molar-refractivity contribution in [2.24, 2.45) is 5.92 Å². The third-order valence-electron chi connectivity index (χ3n) is 8.08. The molecular weight excluding hydrogens is 478 g/mol. The quantitative estimate of drug-likeness (QED) is 0.352. The number of para-hydroxylation sites is 1. The third-order valence-corrected chi connectivity index (χ3v) is 8.08. The molecular formula is C31H37N3O4. The Labute approximate surface area is 224 Å². The molecule has 2 aliphatic rings. The molecule has 1 amide bonds. The molecule has 200 valence electrons. The molecule has 2 heterocycles. The summed E-state index contributed by atoms with van der Waals surface area (Å²) in [7, 11) is 3.43. The van der Waals surface area contributed by atoms with E-state index in [4.69, 9.17) is 14.2 Å². The van der Waals surface area contributed by atoms with Gasteiger partial charge in [-0.2, -0.15) is 5.26 Å². The molecule has 5 rings (SSSR count). The number of aromatic nitrogens is 1. The molecule has 3 atom stereocenters. The zero-order valence-electron chi connectivity index (χ0n) is 22.8. The van der Waals surface area contributed by atoms with Crippen LogP contribution in [0.4, 0.5) is 5.69 Å². The Kier molecular flexibility index (Phi) is 7.32. The van der Waals surface area contributed by atoms with Gasteiger partial charge in [-0.3, -0.25) is 4.79 Å². The average Bonchev–Trinajstić information content (AvgIpc) is 3.50. The summed E-state index contributed by atoms with van der Waals surface area (Å²) in [6.45, 7) is 6.47. The summed E-state index contributed by atoms with van der Waals surface area (Å²) in [5.74, 6) is 0.261. The van der Waals surface area contributed by atoms with E-state index in [2.05, 4.69) is 38.1 Å². The maximum atomic E-state index is 13.9. The van der Waals surface area contributed by atoms with Gasteiger partial charge in [-0.05, 0) is 74.9 Å². The van der Waals surface area contributed by atoms with Crippen molar-refractivity contribution in [3.05, 3.63) is 65.9 Å². The fourth-order valence-electron chi connectivity index (χ4n) is 5.87. The van der Waals surface area contributed by atoms with Gasteiger partial charge >= 0.3 is 0 Å². The molecule has 0 N–H and O–H groups in total. The van der Waals surface area contributed by atoms with Gasteiger partial charge in [-0.25, -0.2) is 0 Å². The Bertz CT molecular complexity index is 1340. The van der Waals surface area contributed by atoms with Crippen LogP contribution in [-0.2, 0) is 19.7 Å². The third kappa shape index (κ3) is 4.96. The molecule has 1 aromatic heterocycles. The second-order valence-corrected chi connectivity index (χ2v) is 11.2. The summed E-state index contributed by atoms with van der Waals surface area (Å²) >= 11 is 0. The summed E-state index contributed by atoms with van der Waals surface area (Å²) in [6, 6.07) is 20.6. The van der Waals surface area contributed by atoms with Crippen molar-refractivity contribution in [3.63, 3.8) is 0 Å². The number of hydrogen-bond acceptors (Lipinski definition) is 5. The molecule has 0 spiro atoms. The van der Waals surface area contributed by atoms with Crippen molar-refractivity contribution in [1.29, 1.82) is 5.26 Å². The van der Waals surface area contributed by atoms with Crippen LogP contribution in [0, 0.1) is 17.2 Å². The lowest BCUT2D eigenvalue weighted by atomic mass is 9.83. The lowest BCUT2D eigenvalue weighted by molar-refractivity contribution is -0.0592. The zero-order chi connectivity index (χ0) is 26.9. The minimum atomic E-state index is -0.820. The Morgan fingerprint density at radius 2 is 1.95 bits per heavy atom. The van der Waals surface area contributed by atoms with Crippen molar-refractivity contribution in [3.8, 4) is 6.07 Å². The number of amides is 1. The van der Waals surface area contributed by atoms with Crippen LogP contribution >= 0.6 is 0 Å². The maximum absolute atomic E-state index is 13.9. The van der Waals surface area contributed by atoms with Gasteiger partial charge in [-0.15, -0.1) is 0 Å². The van der Waals surface area contributed by atoms with Gasteiger partial charge in [-0.1, -0.05) is 24.3 Å². The largest absolute Gasteiger partial charge is 0.382 e. The van der Waals surface area contributed by atoms with Crippen molar-refractivity contribution in [1.82, 2.24) is 4.57 Å². The normalized spacial score (nSPS) is 24.2. The predicted molar refractivity (Wildman–Crippen MR) is 148 cm³/mol. The lowest BCUT2D eigenvalue weighted by Crippen LogP contribution is -2.33. The summed E-state index contributed by atoms with van der Waals surface area (Å²) in [4.78, 5) is 15.6. The Morgan fingerprint density at radius 3 is 2.66 bits per heavy atom. The summed E-state index contributed by atoms with van der Waals surface area (Å²) in [5.41, 5.74) is 2.52. The standard InChI is InChI=1S/C31H37N3O4/c1-30(2)18-23(12-13-38-30)22-10-11-27-24(16-22)17-28(29(35)33(3)26-8-6-5-7-9-26)34(27)31(21-32)19-25(31)20-37-15-14-36-4/h5-11,16-17,23,25H,12-15,18-20H2,1-4H3/t23-,25+,31+/m0/s1. The van der Waals surface area contributed by atoms with Crippen molar-refractivity contribution < 1.29 is 19.0 Å². The van der Waals surface area contributed by atoms with Gasteiger partial charge in [0.2, 0.25) is 0 Å². The van der Waals surface area contributed by atoms with Crippen LogP contribution in [0.1, 0.15) is 55.1 Å². The molecule has 2 aromatic carbocycles. The summed E-state index contributed by atoms with van der Waals surface area (Å²) < 4.78 is 18.8. The molecule has 7 nitrogen and oxygen atoms in total. The van der Waals surface area contributed by atoms with Crippen LogP contribution in [0.25, 0.3) is 10.9 Å². The molecule has 38 heavy (non-hydrogen) atoms. The van der Waals surface area contributed by atoms with E-state index in [1.54, 1.807) is 19.1 Å². The average molecular weight is 516 g/mol. The molecule has 7 heteroatoms. The van der Waals surface area contributed by atoms with Crippen LogP contribution in [0.2, 0.25) is 0 Å². The first-order valence-corrected chi connectivity index (χ1v) is 13.4. The number of hydrogen-bond donors (Lipinski definition) is 0. The number of fused-ring (bicyclic) bond motifs is 1. The van der Waals surface area contributed by atoms with E-state index >= 15 is 0 Å². The molecule has 1 aliphatic carbocycles.